The highest BCUT2D eigenvalue weighted by Gasteiger charge is 2.07. The Kier molecular flexibility index (Phi) is 7.22. The molecule has 0 aliphatic heterocycles. The van der Waals surface area contributed by atoms with E-state index < -0.39 is 0 Å². The molecule has 1 atom stereocenters. The molecule has 29 heavy (non-hydrogen) atoms. The number of aliphatic imine (C=N–C) groups is 1. The summed E-state index contributed by atoms with van der Waals surface area (Å²) in [5, 5.41) is 6.76. The van der Waals surface area contributed by atoms with Crippen LogP contribution >= 0.6 is 0 Å². The van der Waals surface area contributed by atoms with Gasteiger partial charge in [0.15, 0.2) is 5.96 Å². The van der Waals surface area contributed by atoms with E-state index >= 15 is 0 Å². The highest BCUT2D eigenvalue weighted by atomic mass is 16.1. The first-order chi connectivity index (χ1) is 14.2. The molecule has 0 saturated heterocycles. The lowest BCUT2D eigenvalue weighted by atomic mass is 10.1. The average Bonchev–Trinajstić information content (AvgIpc) is 2.75. The second kappa shape index (κ2) is 10.3. The number of rotatable bonds is 7. The summed E-state index contributed by atoms with van der Waals surface area (Å²) in [6, 6.07) is 23.9. The van der Waals surface area contributed by atoms with Crippen LogP contribution in [-0.2, 0) is 13.1 Å². The van der Waals surface area contributed by atoms with E-state index in [9.17, 15) is 4.79 Å². The van der Waals surface area contributed by atoms with Crippen molar-refractivity contribution in [3.8, 4) is 0 Å². The minimum atomic E-state index is 0.00932. The van der Waals surface area contributed by atoms with E-state index in [0.717, 1.165) is 23.6 Å². The Labute approximate surface area is 172 Å². The zero-order chi connectivity index (χ0) is 20.5. The second-order valence-electron chi connectivity index (χ2n) is 6.96. The molecule has 5 nitrogen and oxygen atoms in total. The molecule has 1 aromatic heterocycles. The molecule has 2 N–H and O–H groups in total. The third kappa shape index (κ3) is 6.07. The van der Waals surface area contributed by atoms with Crippen LogP contribution in [0.4, 0.5) is 0 Å². The first kappa shape index (κ1) is 20.4. The number of nitrogens with zero attached hydrogens (tertiary/aromatic N) is 2. The summed E-state index contributed by atoms with van der Waals surface area (Å²) in [7, 11) is 0. The molecule has 3 rings (SSSR count). The van der Waals surface area contributed by atoms with E-state index in [1.165, 1.54) is 5.56 Å². The summed E-state index contributed by atoms with van der Waals surface area (Å²) in [4.78, 5) is 16.6. The van der Waals surface area contributed by atoms with Crippen LogP contribution in [0.3, 0.4) is 0 Å². The second-order valence-corrected chi connectivity index (χ2v) is 6.96. The van der Waals surface area contributed by atoms with Crippen LogP contribution < -0.4 is 16.2 Å². The van der Waals surface area contributed by atoms with Crippen LogP contribution in [0.2, 0.25) is 0 Å². The van der Waals surface area contributed by atoms with Crippen LogP contribution in [0.25, 0.3) is 0 Å². The van der Waals surface area contributed by atoms with Gasteiger partial charge < -0.3 is 15.2 Å². The summed E-state index contributed by atoms with van der Waals surface area (Å²) in [6.07, 6.45) is 1.81. The standard InChI is InChI=1S/C24H28N4O/c1-3-25-24(27-19(2)22-9-5-4-6-10-22)26-17-20-12-14-21(15-13-20)18-28-16-8-7-11-23(28)29/h4-16,19H,3,17-18H2,1-2H3,(H2,25,26,27). The Balaban J connectivity index is 1.63. The topological polar surface area (TPSA) is 58.4 Å². The maximum atomic E-state index is 11.9. The Bertz CT molecular complexity index is 978. The zero-order valence-electron chi connectivity index (χ0n) is 17.0. The lowest BCUT2D eigenvalue weighted by Crippen LogP contribution is -2.38. The molecule has 5 heteroatoms. The number of benzene rings is 2. The molecule has 0 saturated carbocycles. The third-order valence-electron chi connectivity index (χ3n) is 4.69. The van der Waals surface area contributed by atoms with Crippen molar-refractivity contribution < 1.29 is 0 Å². The fourth-order valence-corrected chi connectivity index (χ4v) is 3.06. The number of pyridine rings is 1. The largest absolute Gasteiger partial charge is 0.357 e. The molecular weight excluding hydrogens is 360 g/mol. The van der Waals surface area contributed by atoms with Crippen LogP contribution in [0.15, 0.2) is 88.8 Å². The van der Waals surface area contributed by atoms with Crippen LogP contribution in [0, 0.1) is 0 Å². The molecule has 0 fully saturated rings. The number of hydrogen-bond donors (Lipinski definition) is 2. The summed E-state index contributed by atoms with van der Waals surface area (Å²) < 4.78 is 1.70. The fraction of sp³-hybridized carbons (Fsp3) is 0.250. The fourth-order valence-electron chi connectivity index (χ4n) is 3.06. The lowest BCUT2D eigenvalue weighted by Gasteiger charge is -2.18. The van der Waals surface area contributed by atoms with Gasteiger partial charge >= 0.3 is 0 Å². The van der Waals surface area contributed by atoms with Crippen molar-refractivity contribution in [1.82, 2.24) is 15.2 Å². The predicted molar refractivity (Wildman–Crippen MR) is 119 cm³/mol. The number of aromatic nitrogens is 1. The van der Waals surface area contributed by atoms with Crippen LogP contribution in [0.5, 0.6) is 0 Å². The van der Waals surface area contributed by atoms with Crippen molar-refractivity contribution in [1.29, 1.82) is 0 Å². The molecule has 0 bridgehead atoms. The molecule has 3 aromatic rings. The van der Waals surface area contributed by atoms with Crippen molar-refractivity contribution >= 4 is 5.96 Å². The van der Waals surface area contributed by atoms with E-state index in [1.807, 2.05) is 30.5 Å². The average molecular weight is 389 g/mol. The summed E-state index contributed by atoms with van der Waals surface area (Å²) in [5.41, 5.74) is 3.45. The molecule has 150 valence electrons. The molecule has 0 radical (unpaired) electrons. The summed E-state index contributed by atoms with van der Waals surface area (Å²) in [6.45, 7) is 6.15. The Morgan fingerprint density at radius 1 is 0.966 bits per heavy atom. The van der Waals surface area contributed by atoms with E-state index in [0.29, 0.717) is 13.1 Å². The van der Waals surface area contributed by atoms with Crippen LogP contribution in [-0.4, -0.2) is 17.1 Å². The van der Waals surface area contributed by atoms with E-state index in [1.54, 1.807) is 16.7 Å². The Morgan fingerprint density at radius 3 is 2.34 bits per heavy atom. The van der Waals surface area contributed by atoms with Gasteiger partial charge in [0.05, 0.1) is 19.1 Å². The predicted octanol–water partition coefficient (Wildman–Crippen LogP) is 3.71. The van der Waals surface area contributed by atoms with Gasteiger partial charge in [-0.25, -0.2) is 4.99 Å². The van der Waals surface area contributed by atoms with Gasteiger partial charge in [0.25, 0.3) is 5.56 Å². The maximum absolute atomic E-state index is 11.9. The first-order valence-electron chi connectivity index (χ1n) is 9.99. The van der Waals surface area contributed by atoms with Gasteiger partial charge in [-0.15, -0.1) is 0 Å². The van der Waals surface area contributed by atoms with Crippen molar-refractivity contribution in [2.45, 2.75) is 33.0 Å². The van der Waals surface area contributed by atoms with Gasteiger partial charge in [-0.05, 0) is 36.6 Å². The molecule has 2 aromatic carbocycles. The number of guanidine groups is 1. The molecule has 0 amide bonds. The molecule has 1 heterocycles. The summed E-state index contributed by atoms with van der Waals surface area (Å²) in [5.74, 6) is 0.795. The maximum Gasteiger partial charge on any atom is 0.250 e. The minimum absolute atomic E-state index is 0.00932. The van der Waals surface area contributed by atoms with Crippen LogP contribution in [0.1, 0.15) is 36.6 Å². The Morgan fingerprint density at radius 2 is 1.66 bits per heavy atom. The molecule has 0 spiro atoms. The highest BCUT2D eigenvalue weighted by molar-refractivity contribution is 5.80. The molecule has 0 aliphatic rings. The quantitative estimate of drug-likeness (QED) is 0.479. The lowest BCUT2D eigenvalue weighted by molar-refractivity contribution is 0.686. The van der Waals surface area contributed by atoms with Gasteiger partial charge in [0.1, 0.15) is 0 Å². The van der Waals surface area contributed by atoms with Crippen molar-refractivity contribution in [2.75, 3.05) is 6.54 Å². The van der Waals surface area contributed by atoms with Gasteiger partial charge in [0.2, 0.25) is 0 Å². The minimum Gasteiger partial charge on any atom is -0.357 e. The van der Waals surface area contributed by atoms with E-state index in [4.69, 9.17) is 4.99 Å². The molecular formula is C24H28N4O. The zero-order valence-corrected chi connectivity index (χ0v) is 17.0. The normalized spacial score (nSPS) is 12.4. The molecule has 0 aliphatic carbocycles. The summed E-state index contributed by atoms with van der Waals surface area (Å²) >= 11 is 0. The number of hydrogen-bond acceptors (Lipinski definition) is 2. The Hall–Kier alpha value is -3.34. The highest BCUT2D eigenvalue weighted by Crippen LogP contribution is 2.11. The smallest absolute Gasteiger partial charge is 0.250 e. The molecule has 1 unspecified atom stereocenters. The first-order valence-corrected chi connectivity index (χ1v) is 9.99. The number of nitrogens with one attached hydrogen (secondary N) is 2. The van der Waals surface area contributed by atoms with Crippen molar-refractivity contribution in [3.63, 3.8) is 0 Å². The van der Waals surface area contributed by atoms with Crippen molar-refractivity contribution in [3.05, 3.63) is 106 Å². The van der Waals surface area contributed by atoms with E-state index in [2.05, 4.69) is 60.9 Å². The van der Waals surface area contributed by atoms with Gasteiger partial charge in [-0.1, -0.05) is 60.7 Å². The van der Waals surface area contributed by atoms with Gasteiger partial charge in [-0.3, -0.25) is 4.79 Å². The third-order valence-corrected chi connectivity index (χ3v) is 4.69. The SMILES string of the molecule is CCNC(=NCc1ccc(Cn2ccccc2=O)cc1)NC(C)c1ccccc1. The van der Waals surface area contributed by atoms with Crippen molar-refractivity contribution in [2.24, 2.45) is 4.99 Å². The van der Waals surface area contributed by atoms with Gasteiger partial charge in [-0.2, -0.15) is 0 Å². The van der Waals surface area contributed by atoms with E-state index in [-0.39, 0.29) is 11.6 Å². The monoisotopic (exact) mass is 388 g/mol. The van der Waals surface area contributed by atoms with Gasteiger partial charge in [0, 0.05) is 18.8 Å².